The number of alkyl carbamates (subject to hydrolysis) is 1. The molecule has 2 aliphatic carbocycles. The number of hydrogen-bond donors (Lipinski definition) is 2. The molecule has 34 heavy (non-hydrogen) atoms. The average Bonchev–Trinajstić information content (AvgIpc) is 3.60. The first-order valence-electron chi connectivity index (χ1n) is 14.2. The van der Waals surface area contributed by atoms with Gasteiger partial charge < -0.3 is 15.5 Å². The van der Waals surface area contributed by atoms with Crippen LogP contribution in [0.5, 0.6) is 0 Å². The third-order valence-electron chi connectivity index (χ3n) is 7.99. The molecule has 2 N–H and O–H groups in total. The molecule has 3 aliphatic rings. The van der Waals surface area contributed by atoms with E-state index in [2.05, 4.69) is 17.1 Å². The van der Waals surface area contributed by atoms with Crippen LogP contribution in [0.4, 0.5) is 4.79 Å². The maximum Gasteiger partial charge on any atom is 0.407 e. The summed E-state index contributed by atoms with van der Waals surface area (Å²) in [6.07, 6.45) is 17.1. The smallest absolute Gasteiger partial charge is 0.407 e. The summed E-state index contributed by atoms with van der Waals surface area (Å²) in [5.41, 5.74) is 3.38. The van der Waals surface area contributed by atoms with Crippen LogP contribution in [0.15, 0.2) is 11.1 Å². The monoisotopic (exact) mass is 473 g/mol. The SMILES string of the molecule is CC/C(CCCCCC1CC1)=C1\CN(CCC2CCC(NC(=O)OC(C)(C)C)CC2)CCC1=N. The molecular formula is C29H51N3O2. The summed E-state index contributed by atoms with van der Waals surface area (Å²) in [7, 11) is 0. The Balaban J connectivity index is 1.37. The van der Waals surface area contributed by atoms with Crippen LogP contribution in [0.1, 0.15) is 118 Å². The Morgan fingerprint density at radius 3 is 2.35 bits per heavy atom. The number of nitrogens with one attached hydrogen (secondary N) is 2. The highest BCUT2D eigenvalue weighted by atomic mass is 16.6. The zero-order chi connectivity index (χ0) is 24.6. The van der Waals surface area contributed by atoms with Gasteiger partial charge in [0, 0.05) is 31.3 Å². The van der Waals surface area contributed by atoms with Crippen molar-refractivity contribution in [1.29, 1.82) is 5.41 Å². The Bertz CT molecular complexity index is 697. The maximum atomic E-state index is 12.0. The van der Waals surface area contributed by atoms with Crippen LogP contribution < -0.4 is 5.32 Å². The van der Waals surface area contributed by atoms with Crippen molar-refractivity contribution in [1.82, 2.24) is 10.2 Å². The molecule has 3 fully saturated rings. The molecule has 0 radical (unpaired) electrons. The van der Waals surface area contributed by atoms with Crippen molar-refractivity contribution >= 4 is 11.8 Å². The lowest BCUT2D eigenvalue weighted by Gasteiger charge is -2.34. The molecule has 1 aliphatic heterocycles. The van der Waals surface area contributed by atoms with E-state index >= 15 is 0 Å². The van der Waals surface area contributed by atoms with Gasteiger partial charge >= 0.3 is 6.09 Å². The van der Waals surface area contributed by atoms with E-state index in [1.165, 1.54) is 69.8 Å². The molecule has 0 aromatic rings. The van der Waals surface area contributed by atoms with E-state index in [1.807, 2.05) is 20.8 Å². The molecule has 0 bridgehead atoms. The third-order valence-corrected chi connectivity index (χ3v) is 7.99. The fourth-order valence-electron chi connectivity index (χ4n) is 5.67. The zero-order valence-electron chi connectivity index (χ0n) is 22.5. The molecule has 1 saturated heterocycles. The van der Waals surface area contributed by atoms with Gasteiger partial charge in [-0.05, 0) is 96.1 Å². The number of rotatable bonds is 11. The fourth-order valence-corrected chi connectivity index (χ4v) is 5.67. The van der Waals surface area contributed by atoms with E-state index in [0.717, 1.165) is 62.9 Å². The predicted molar refractivity (Wildman–Crippen MR) is 142 cm³/mol. The van der Waals surface area contributed by atoms with E-state index < -0.39 is 5.60 Å². The number of likely N-dealkylation sites (tertiary alicyclic amines) is 1. The van der Waals surface area contributed by atoms with Crippen LogP contribution in [-0.4, -0.2) is 48.0 Å². The number of hydrogen-bond acceptors (Lipinski definition) is 4. The quantitative estimate of drug-likeness (QED) is 0.311. The third kappa shape index (κ3) is 9.71. The predicted octanol–water partition coefficient (Wildman–Crippen LogP) is 7.25. The van der Waals surface area contributed by atoms with E-state index in [4.69, 9.17) is 10.1 Å². The summed E-state index contributed by atoms with van der Waals surface area (Å²) in [5.74, 6) is 1.81. The molecule has 1 amide bonds. The van der Waals surface area contributed by atoms with Crippen molar-refractivity contribution in [2.24, 2.45) is 11.8 Å². The zero-order valence-corrected chi connectivity index (χ0v) is 22.5. The first kappa shape index (κ1) is 27.2. The molecule has 0 unspecified atom stereocenters. The van der Waals surface area contributed by atoms with Gasteiger partial charge in [0.1, 0.15) is 5.60 Å². The second-order valence-corrected chi connectivity index (χ2v) is 12.1. The Labute approximate surface area is 209 Å². The minimum atomic E-state index is -0.437. The van der Waals surface area contributed by atoms with Crippen molar-refractivity contribution in [3.8, 4) is 0 Å². The number of nitrogens with zero attached hydrogens (tertiary/aromatic N) is 1. The lowest BCUT2D eigenvalue weighted by Crippen LogP contribution is -2.41. The summed E-state index contributed by atoms with van der Waals surface area (Å²) in [4.78, 5) is 14.6. The lowest BCUT2D eigenvalue weighted by atomic mass is 9.84. The Kier molecular flexibility index (Phi) is 10.5. The van der Waals surface area contributed by atoms with E-state index in [1.54, 1.807) is 5.57 Å². The van der Waals surface area contributed by atoms with Gasteiger partial charge in [-0.2, -0.15) is 0 Å². The molecule has 5 heteroatoms. The van der Waals surface area contributed by atoms with Gasteiger partial charge in [0.05, 0.1) is 0 Å². The van der Waals surface area contributed by atoms with Gasteiger partial charge in [-0.1, -0.05) is 44.6 Å². The molecule has 0 spiro atoms. The summed E-state index contributed by atoms with van der Waals surface area (Å²) in [6.45, 7) is 11.2. The van der Waals surface area contributed by atoms with Crippen molar-refractivity contribution in [2.45, 2.75) is 129 Å². The summed E-state index contributed by atoms with van der Waals surface area (Å²) >= 11 is 0. The average molecular weight is 474 g/mol. The first-order valence-corrected chi connectivity index (χ1v) is 14.2. The highest BCUT2D eigenvalue weighted by molar-refractivity contribution is 5.99. The fraction of sp³-hybridized carbons (Fsp3) is 0.862. The summed E-state index contributed by atoms with van der Waals surface area (Å²) in [5, 5.41) is 11.6. The molecule has 3 rings (SSSR count). The van der Waals surface area contributed by atoms with Crippen LogP contribution in [0.3, 0.4) is 0 Å². The minimum absolute atomic E-state index is 0.257. The summed E-state index contributed by atoms with van der Waals surface area (Å²) < 4.78 is 5.41. The van der Waals surface area contributed by atoms with Crippen LogP contribution in [0, 0.1) is 17.2 Å². The second-order valence-electron chi connectivity index (χ2n) is 12.1. The van der Waals surface area contributed by atoms with E-state index in [-0.39, 0.29) is 12.1 Å². The van der Waals surface area contributed by atoms with Crippen LogP contribution >= 0.6 is 0 Å². The van der Waals surface area contributed by atoms with Gasteiger partial charge in [0.25, 0.3) is 0 Å². The minimum Gasteiger partial charge on any atom is -0.444 e. The maximum absolute atomic E-state index is 12.0. The van der Waals surface area contributed by atoms with Crippen molar-refractivity contribution in [3.05, 3.63) is 11.1 Å². The van der Waals surface area contributed by atoms with Crippen molar-refractivity contribution < 1.29 is 9.53 Å². The Hall–Kier alpha value is -1.36. The number of piperidine rings is 1. The van der Waals surface area contributed by atoms with Crippen LogP contribution in [0.25, 0.3) is 0 Å². The molecule has 0 aromatic carbocycles. The molecule has 2 saturated carbocycles. The van der Waals surface area contributed by atoms with Gasteiger partial charge in [-0.25, -0.2) is 4.79 Å². The van der Waals surface area contributed by atoms with Gasteiger partial charge in [0.2, 0.25) is 0 Å². The van der Waals surface area contributed by atoms with E-state index in [9.17, 15) is 4.79 Å². The number of carbonyl (C=O) groups is 1. The van der Waals surface area contributed by atoms with E-state index in [0.29, 0.717) is 0 Å². The number of unbranched alkanes of at least 4 members (excludes halogenated alkanes) is 2. The van der Waals surface area contributed by atoms with Gasteiger partial charge in [-0.15, -0.1) is 0 Å². The van der Waals surface area contributed by atoms with Gasteiger partial charge in [0.15, 0.2) is 0 Å². The Morgan fingerprint density at radius 2 is 1.71 bits per heavy atom. The van der Waals surface area contributed by atoms with Crippen LogP contribution in [0.2, 0.25) is 0 Å². The molecule has 194 valence electrons. The number of allylic oxidation sites excluding steroid dienone is 1. The topological polar surface area (TPSA) is 65.4 Å². The van der Waals surface area contributed by atoms with Gasteiger partial charge in [-0.3, -0.25) is 4.90 Å². The Morgan fingerprint density at radius 1 is 1.03 bits per heavy atom. The van der Waals surface area contributed by atoms with Crippen molar-refractivity contribution in [3.63, 3.8) is 0 Å². The van der Waals surface area contributed by atoms with Crippen LogP contribution in [-0.2, 0) is 4.74 Å². The molecule has 0 aromatic heterocycles. The van der Waals surface area contributed by atoms with Crippen molar-refractivity contribution in [2.75, 3.05) is 19.6 Å². The standard InChI is InChI=1S/C29H51N3O2/c1-5-24(10-8-6-7-9-22-11-12-22)26-21-32(20-18-27(26)30)19-17-23-13-15-25(16-14-23)31-28(33)34-29(2,3)4/h22-23,25,30H,5-21H2,1-4H3,(H,31,33)/b26-24-,30-27?. The summed E-state index contributed by atoms with van der Waals surface area (Å²) in [6, 6.07) is 0.257. The highest BCUT2D eigenvalue weighted by Crippen LogP contribution is 2.34. The molecule has 1 heterocycles. The first-order chi connectivity index (χ1) is 16.2. The highest BCUT2D eigenvalue weighted by Gasteiger charge is 2.26. The number of amides is 1. The molecule has 0 atom stereocenters. The second kappa shape index (κ2) is 13.1. The lowest BCUT2D eigenvalue weighted by molar-refractivity contribution is 0.0486. The largest absolute Gasteiger partial charge is 0.444 e. The molecular weight excluding hydrogens is 422 g/mol. The molecule has 5 nitrogen and oxygen atoms in total. The normalized spacial score (nSPS) is 25.8. The number of carbonyl (C=O) groups excluding carboxylic acids is 1. The number of ether oxygens (including phenoxy) is 1.